The van der Waals surface area contributed by atoms with Gasteiger partial charge in [0, 0.05) is 12.0 Å². The summed E-state index contributed by atoms with van der Waals surface area (Å²) < 4.78 is 24.7. The lowest BCUT2D eigenvalue weighted by atomic mass is 9.89. The minimum atomic E-state index is -0.695. The molecule has 0 saturated heterocycles. The third-order valence-corrected chi connectivity index (χ3v) is 4.43. The lowest BCUT2D eigenvalue weighted by molar-refractivity contribution is -0.128. The van der Waals surface area contributed by atoms with Crippen LogP contribution < -0.4 is 14.8 Å². The summed E-state index contributed by atoms with van der Waals surface area (Å²) >= 11 is 0. The number of carbonyl (C=O) groups excluding carboxylic acids is 1. The maximum atomic E-state index is 13.0. The second kappa shape index (κ2) is 6.98. The van der Waals surface area contributed by atoms with E-state index in [1.54, 1.807) is 6.92 Å². The lowest BCUT2D eigenvalue weighted by Crippen LogP contribution is -2.44. The fourth-order valence-corrected chi connectivity index (χ4v) is 3.16. The monoisotopic (exact) mass is 357 g/mol. The first kappa shape index (κ1) is 18.2. The topological polar surface area (TPSA) is 47.6 Å². The molecular weight excluding hydrogens is 333 g/mol. The van der Waals surface area contributed by atoms with Crippen molar-refractivity contribution >= 4 is 5.91 Å². The van der Waals surface area contributed by atoms with Gasteiger partial charge >= 0.3 is 0 Å². The number of ether oxygens (including phenoxy) is 2. The molecule has 0 spiro atoms. The van der Waals surface area contributed by atoms with Crippen LogP contribution in [0.15, 0.2) is 42.5 Å². The fraction of sp³-hybridized carbons (Fsp3) is 0.381. The van der Waals surface area contributed by atoms with Crippen molar-refractivity contribution in [3.05, 3.63) is 59.4 Å². The van der Waals surface area contributed by atoms with E-state index in [0.717, 1.165) is 16.9 Å². The molecule has 0 unspecified atom stereocenters. The van der Waals surface area contributed by atoms with Crippen LogP contribution in [0.25, 0.3) is 0 Å². The summed E-state index contributed by atoms with van der Waals surface area (Å²) in [5.41, 5.74) is 1.72. The van der Waals surface area contributed by atoms with Gasteiger partial charge in [-0.2, -0.15) is 0 Å². The molecule has 0 bridgehead atoms. The van der Waals surface area contributed by atoms with Crippen molar-refractivity contribution in [2.45, 2.75) is 51.9 Å². The molecule has 0 saturated carbocycles. The average molecular weight is 357 g/mol. The molecule has 0 radical (unpaired) electrons. The van der Waals surface area contributed by atoms with Gasteiger partial charge in [0.2, 0.25) is 0 Å². The largest absolute Gasteiger partial charge is 0.487 e. The van der Waals surface area contributed by atoms with Crippen LogP contribution in [0.5, 0.6) is 11.5 Å². The standard InChI is InChI=1S/C21H24FNO3/c1-13-5-10-19-17(11-13)18(12-21(3,4)26-19)23-20(24)14(2)25-16-8-6-15(22)7-9-16/h5-11,14,18H,12H2,1-4H3,(H,23,24)/t14-,18-/m0/s1. The van der Waals surface area contributed by atoms with Crippen LogP contribution in [-0.2, 0) is 4.79 Å². The second-order valence-electron chi connectivity index (χ2n) is 7.38. The number of amides is 1. The minimum absolute atomic E-state index is 0.152. The van der Waals surface area contributed by atoms with E-state index in [-0.39, 0.29) is 23.4 Å². The highest BCUT2D eigenvalue weighted by molar-refractivity contribution is 5.81. The predicted octanol–water partition coefficient (Wildman–Crippen LogP) is 4.32. The first-order chi connectivity index (χ1) is 12.2. The molecule has 0 aromatic heterocycles. The molecule has 1 heterocycles. The summed E-state index contributed by atoms with van der Waals surface area (Å²) in [4.78, 5) is 12.6. The Bertz CT molecular complexity index is 801. The van der Waals surface area contributed by atoms with Crippen LogP contribution in [0.2, 0.25) is 0 Å². The molecule has 0 aliphatic carbocycles. The third-order valence-electron chi connectivity index (χ3n) is 4.43. The molecule has 2 aromatic rings. The van der Waals surface area contributed by atoms with Crippen LogP contribution in [0.4, 0.5) is 4.39 Å². The van der Waals surface area contributed by atoms with Gasteiger partial charge in [0.25, 0.3) is 5.91 Å². The first-order valence-electron chi connectivity index (χ1n) is 8.76. The number of hydrogen-bond acceptors (Lipinski definition) is 3. The van der Waals surface area contributed by atoms with Gasteiger partial charge in [-0.15, -0.1) is 0 Å². The van der Waals surface area contributed by atoms with E-state index in [1.165, 1.54) is 24.3 Å². The van der Waals surface area contributed by atoms with Gasteiger partial charge in [-0.1, -0.05) is 17.7 Å². The molecule has 1 N–H and O–H groups in total. The third kappa shape index (κ3) is 4.15. The molecule has 26 heavy (non-hydrogen) atoms. The molecule has 5 heteroatoms. The fourth-order valence-electron chi connectivity index (χ4n) is 3.16. The van der Waals surface area contributed by atoms with E-state index in [9.17, 15) is 9.18 Å². The SMILES string of the molecule is Cc1ccc2c(c1)[C@@H](NC(=O)[C@H](C)Oc1ccc(F)cc1)CC(C)(C)O2. The summed E-state index contributed by atoms with van der Waals surface area (Å²) in [5, 5.41) is 3.07. The van der Waals surface area contributed by atoms with Crippen LogP contribution in [-0.4, -0.2) is 17.6 Å². The van der Waals surface area contributed by atoms with Gasteiger partial charge < -0.3 is 14.8 Å². The van der Waals surface area contributed by atoms with E-state index >= 15 is 0 Å². The highest BCUT2D eigenvalue weighted by Crippen LogP contribution is 2.39. The smallest absolute Gasteiger partial charge is 0.261 e. The summed E-state index contributed by atoms with van der Waals surface area (Å²) in [6, 6.07) is 11.5. The van der Waals surface area contributed by atoms with Crippen molar-refractivity contribution < 1.29 is 18.7 Å². The molecule has 138 valence electrons. The van der Waals surface area contributed by atoms with Gasteiger partial charge in [-0.05, 0) is 58.0 Å². The van der Waals surface area contributed by atoms with Gasteiger partial charge in [0.1, 0.15) is 22.9 Å². The van der Waals surface area contributed by atoms with E-state index in [4.69, 9.17) is 9.47 Å². The Morgan fingerprint density at radius 1 is 1.27 bits per heavy atom. The number of aryl methyl sites for hydroxylation is 1. The van der Waals surface area contributed by atoms with E-state index in [1.807, 2.05) is 39.0 Å². The van der Waals surface area contributed by atoms with Crippen molar-refractivity contribution in [1.82, 2.24) is 5.32 Å². The van der Waals surface area contributed by atoms with Crippen molar-refractivity contribution in [3.63, 3.8) is 0 Å². The number of fused-ring (bicyclic) bond motifs is 1. The zero-order valence-corrected chi connectivity index (χ0v) is 15.5. The molecule has 2 atom stereocenters. The van der Waals surface area contributed by atoms with E-state index in [0.29, 0.717) is 12.2 Å². The summed E-state index contributed by atoms with van der Waals surface area (Å²) in [6.07, 6.45) is -0.0296. The molecule has 1 aliphatic heterocycles. The maximum absolute atomic E-state index is 13.0. The quantitative estimate of drug-likeness (QED) is 0.886. The number of benzene rings is 2. The Kier molecular flexibility index (Phi) is 4.90. The zero-order chi connectivity index (χ0) is 18.9. The lowest BCUT2D eigenvalue weighted by Gasteiger charge is -2.38. The zero-order valence-electron chi connectivity index (χ0n) is 15.5. The van der Waals surface area contributed by atoms with Crippen LogP contribution >= 0.6 is 0 Å². The Labute approximate surface area is 153 Å². The van der Waals surface area contributed by atoms with Gasteiger partial charge in [0.15, 0.2) is 6.10 Å². The van der Waals surface area contributed by atoms with Crippen molar-refractivity contribution in [2.75, 3.05) is 0 Å². The van der Waals surface area contributed by atoms with Crippen LogP contribution in [0, 0.1) is 12.7 Å². The number of rotatable bonds is 4. The van der Waals surface area contributed by atoms with E-state index in [2.05, 4.69) is 5.32 Å². The van der Waals surface area contributed by atoms with Crippen molar-refractivity contribution in [2.24, 2.45) is 0 Å². The number of carbonyl (C=O) groups is 1. The molecule has 2 aromatic carbocycles. The normalized spacial score (nSPS) is 19.0. The van der Waals surface area contributed by atoms with E-state index < -0.39 is 6.10 Å². The molecule has 0 fully saturated rings. The van der Waals surface area contributed by atoms with Crippen LogP contribution in [0.3, 0.4) is 0 Å². The molecule has 1 aliphatic rings. The average Bonchev–Trinajstić information content (AvgIpc) is 2.57. The number of nitrogens with one attached hydrogen (secondary N) is 1. The van der Waals surface area contributed by atoms with Gasteiger partial charge in [-0.25, -0.2) is 4.39 Å². The maximum Gasteiger partial charge on any atom is 0.261 e. The van der Waals surface area contributed by atoms with Crippen molar-refractivity contribution in [3.8, 4) is 11.5 Å². The Hall–Kier alpha value is -2.56. The molecule has 1 amide bonds. The Morgan fingerprint density at radius 3 is 2.65 bits per heavy atom. The highest BCUT2D eigenvalue weighted by atomic mass is 19.1. The molecular formula is C21H24FNO3. The van der Waals surface area contributed by atoms with Crippen LogP contribution in [0.1, 0.15) is 44.4 Å². The first-order valence-corrected chi connectivity index (χ1v) is 8.76. The summed E-state index contributed by atoms with van der Waals surface area (Å²) in [5.74, 6) is 0.692. The highest BCUT2D eigenvalue weighted by Gasteiger charge is 2.35. The summed E-state index contributed by atoms with van der Waals surface area (Å²) in [6.45, 7) is 7.71. The summed E-state index contributed by atoms with van der Waals surface area (Å²) in [7, 11) is 0. The molecule has 3 rings (SSSR count). The second-order valence-corrected chi connectivity index (χ2v) is 7.38. The Balaban J connectivity index is 1.74. The van der Waals surface area contributed by atoms with Gasteiger partial charge in [-0.3, -0.25) is 4.79 Å². The number of halogens is 1. The minimum Gasteiger partial charge on any atom is -0.487 e. The van der Waals surface area contributed by atoms with Crippen molar-refractivity contribution in [1.29, 1.82) is 0 Å². The Morgan fingerprint density at radius 2 is 1.96 bits per heavy atom. The number of hydrogen-bond donors (Lipinski definition) is 1. The molecule has 4 nitrogen and oxygen atoms in total. The van der Waals surface area contributed by atoms with Gasteiger partial charge in [0.05, 0.1) is 6.04 Å². The predicted molar refractivity (Wildman–Crippen MR) is 97.9 cm³/mol.